The summed E-state index contributed by atoms with van der Waals surface area (Å²) >= 11 is 0. The van der Waals surface area contributed by atoms with Crippen molar-refractivity contribution in [1.29, 1.82) is 0 Å². The number of ether oxygens (including phenoxy) is 1. The topological polar surface area (TPSA) is 84.4 Å². The first-order valence-corrected chi connectivity index (χ1v) is 6.40. The highest BCUT2D eigenvalue weighted by Gasteiger charge is 2.25. The third-order valence-corrected chi connectivity index (χ3v) is 2.92. The van der Waals surface area contributed by atoms with Crippen LogP contribution in [0, 0.1) is 0 Å². The van der Waals surface area contributed by atoms with Gasteiger partial charge in [0.05, 0.1) is 0 Å². The van der Waals surface area contributed by atoms with Crippen LogP contribution in [0.4, 0.5) is 10.6 Å². The van der Waals surface area contributed by atoms with Crippen LogP contribution in [-0.2, 0) is 4.79 Å². The third-order valence-electron chi connectivity index (χ3n) is 2.92. The Labute approximate surface area is 120 Å². The van der Waals surface area contributed by atoms with E-state index in [0.29, 0.717) is 17.4 Å². The summed E-state index contributed by atoms with van der Waals surface area (Å²) in [6.45, 7) is 0.290. The molecule has 2 heterocycles. The van der Waals surface area contributed by atoms with Gasteiger partial charge >= 0.3 is 6.03 Å². The van der Waals surface area contributed by atoms with Crippen LogP contribution in [0.3, 0.4) is 0 Å². The second-order valence-electron chi connectivity index (χ2n) is 4.40. The first-order chi connectivity index (χ1) is 10.2. The van der Waals surface area contributed by atoms with Crippen molar-refractivity contribution < 1.29 is 14.3 Å². The summed E-state index contributed by atoms with van der Waals surface area (Å²) < 4.78 is 5.52. The minimum Gasteiger partial charge on any atom is -0.438 e. The van der Waals surface area contributed by atoms with Crippen LogP contribution < -0.4 is 15.0 Å². The number of carbonyl (C=O) groups excluding carboxylic acids is 2. The predicted molar refractivity (Wildman–Crippen MR) is 74.0 cm³/mol. The summed E-state index contributed by atoms with van der Waals surface area (Å²) in [5, 5.41) is 10.1. The molecule has 2 aromatic rings. The molecule has 0 saturated carbocycles. The van der Waals surface area contributed by atoms with Crippen LogP contribution in [0.25, 0.3) is 0 Å². The largest absolute Gasteiger partial charge is 0.438 e. The van der Waals surface area contributed by atoms with E-state index in [-0.39, 0.29) is 18.9 Å². The highest BCUT2D eigenvalue weighted by molar-refractivity contribution is 6.05. The zero-order valence-corrected chi connectivity index (χ0v) is 11.0. The molecule has 0 aliphatic carbocycles. The fourth-order valence-corrected chi connectivity index (χ4v) is 1.90. The van der Waals surface area contributed by atoms with E-state index in [4.69, 9.17) is 4.74 Å². The lowest BCUT2D eigenvalue weighted by Gasteiger charge is -2.24. The van der Waals surface area contributed by atoms with Crippen LogP contribution in [0.15, 0.2) is 42.5 Å². The predicted octanol–water partition coefficient (Wildman–Crippen LogP) is 1.72. The summed E-state index contributed by atoms with van der Waals surface area (Å²) in [6, 6.07) is 12.0. The van der Waals surface area contributed by atoms with Gasteiger partial charge < -0.3 is 4.74 Å². The minimum absolute atomic E-state index is 0.246. The SMILES string of the molecule is O=C1CCN(c2ccc(Oc3ccccc3)nn2)C(=O)N1. The number of hydrogen-bond donors (Lipinski definition) is 1. The number of anilines is 1. The van der Waals surface area contributed by atoms with Crippen molar-refractivity contribution in [1.82, 2.24) is 15.5 Å². The molecule has 7 nitrogen and oxygen atoms in total. The average molecular weight is 284 g/mol. The standard InChI is InChI=1S/C14H12N4O3/c19-12-8-9-18(14(20)15-12)11-6-7-13(17-16-11)21-10-4-2-1-3-5-10/h1-7H,8-9H2,(H,15,19,20). The zero-order chi connectivity index (χ0) is 14.7. The van der Waals surface area contributed by atoms with E-state index in [1.165, 1.54) is 4.90 Å². The van der Waals surface area contributed by atoms with Crippen LogP contribution >= 0.6 is 0 Å². The molecule has 0 unspecified atom stereocenters. The van der Waals surface area contributed by atoms with Crippen molar-refractivity contribution in [3.8, 4) is 11.6 Å². The lowest BCUT2D eigenvalue weighted by Crippen LogP contribution is -2.49. The number of benzene rings is 1. The molecule has 0 radical (unpaired) electrons. The summed E-state index contributed by atoms with van der Waals surface area (Å²) in [6.07, 6.45) is 0.246. The van der Waals surface area contributed by atoms with Gasteiger partial charge in [-0.3, -0.25) is 15.0 Å². The van der Waals surface area contributed by atoms with Crippen molar-refractivity contribution in [2.45, 2.75) is 6.42 Å². The maximum atomic E-state index is 11.7. The van der Waals surface area contributed by atoms with E-state index < -0.39 is 6.03 Å². The fraction of sp³-hybridized carbons (Fsp3) is 0.143. The van der Waals surface area contributed by atoms with Gasteiger partial charge in [-0.1, -0.05) is 18.2 Å². The maximum Gasteiger partial charge on any atom is 0.329 e. The Kier molecular flexibility index (Phi) is 3.46. The van der Waals surface area contributed by atoms with Gasteiger partial charge in [0.1, 0.15) is 5.75 Å². The van der Waals surface area contributed by atoms with E-state index in [1.807, 2.05) is 18.2 Å². The van der Waals surface area contributed by atoms with Crippen LogP contribution in [-0.4, -0.2) is 28.7 Å². The number of hydrogen-bond acceptors (Lipinski definition) is 5. The van der Waals surface area contributed by atoms with Gasteiger partial charge in [-0.15, -0.1) is 10.2 Å². The van der Waals surface area contributed by atoms with E-state index in [9.17, 15) is 9.59 Å². The Bertz CT molecular complexity index is 658. The molecule has 1 aromatic carbocycles. The van der Waals surface area contributed by atoms with E-state index in [2.05, 4.69) is 15.5 Å². The average Bonchev–Trinajstić information content (AvgIpc) is 2.49. The summed E-state index contributed by atoms with van der Waals surface area (Å²) in [7, 11) is 0. The van der Waals surface area contributed by atoms with Gasteiger partial charge in [0, 0.05) is 19.0 Å². The number of urea groups is 1. The Balaban J connectivity index is 1.72. The van der Waals surface area contributed by atoms with E-state index in [0.717, 1.165) is 0 Å². The molecule has 106 valence electrons. The lowest BCUT2D eigenvalue weighted by molar-refractivity contribution is -0.120. The molecule has 1 aliphatic heterocycles. The maximum absolute atomic E-state index is 11.7. The van der Waals surface area contributed by atoms with Crippen molar-refractivity contribution in [3.05, 3.63) is 42.5 Å². The first-order valence-electron chi connectivity index (χ1n) is 6.40. The molecule has 0 atom stereocenters. The molecule has 1 fully saturated rings. The van der Waals surface area contributed by atoms with Gasteiger partial charge in [0.25, 0.3) is 0 Å². The molecule has 1 N–H and O–H groups in total. The Hall–Kier alpha value is -2.96. The van der Waals surface area contributed by atoms with E-state index in [1.54, 1.807) is 24.3 Å². The van der Waals surface area contributed by atoms with Gasteiger partial charge in [0.2, 0.25) is 11.8 Å². The van der Waals surface area contributed by atoms with Gasteiger partial charge in [-0.05, 0) is 18.2 Å². The number of para-hydroxylation sites is 1. The highest BCUT2D eigenvalue weighted by Crippen LogP contribution is 2.20. The molecule has 1 saturated heterocycles. The van der Waals surface area contributed by atoms with Crippen molar-refractivity contribution >= 4 is 17.8 Å². The van der Waals surface area contributed by atoms with Crippen LogP contribution in [0.1, 0.15) is 6.42 Å². The molecular weight excluding hydrogens is 272 g/mol. The summed E-state index contributed by atoms with van der Waals surface area (Å²) in [5.41, 5.74) is 0. The number of rotatable bonds is 3. The van der Waals surface area contributed by atoms with Crippen LogP contribution in [0.2, 0.25) is 0 Å². The molecule has 0 spiro atoms. The monoisotopic (exact) mass is 284 g/mol. The Morgan fingerprint density at radius 2 is 1.86 bits per heavy atom. The molecular formula is C14H12N4O3. The fourth-order valence-electron chi connectivity index (χ4n) is 1.90. The third kappa shape index (κ3) is 2.97. The second kappa shape index (κ2) is 5.58. The smallest absolute Gasteiger partial charge is 0.329 e. The number of carbonyl (C=O) groups is 2. The molecule has 1 aromatic heterocycles. The highest BCUT2D eigenvalue weighted by atomic mass is 16.5. The Morgan fingerprint density at radius 3 is 2.52 bits per heavy atom. The second-order valence-corrected chi connectivity index (χ2v) is 4.40. The van der Waals surface area contributed by atoms with Crippen molar-refractivity contribution in [2.24, 2.45) is 0 Å². The number of amides is 3. The number of imide groups is 1. The molecule has 3 rings (SSSR count). The quantitative estimate of drug-likeness (QED) is 0.927. The van der Waals surface area contributed by atoms with Gasteiger partial charge in [0.15, 0.2) is 5.82 Å². The molecule has 3 amide bonds. The normalized spacial score (nSPS) is 14.8. The molecule has 7 heteroatoms. The van der Waals surface area contributed by atoms with E-state index >= 15 is 0 Å². The molecule has 1 aliphatic rings. The Morgan fingerprint density at radius 1 is 1.05 bits per heavy atom. The zero-order valence-electron chi connectivity index (χ0n) is 11.0. The van der Waals surface area contributed by atoms with Crippen molar-refractivity contribution in [3.63, 3.8) is 0 Å². The number of nitrogens with one attached hydrogen (secondary N) is 1. The van der Waals surface area contributed by atoms with Gasteiger partial charge in [-0.2, -0.15) is 0 Å². The van der Waals surface area contributed by atoms with Crippen LogP contribution in [0.5, 0.6) is 11.6 Å². The number of aromatic nitrogens is 2. The number of nitrogens with zero attached hydrogens (tertiary/aromatic N) is 3. The lowest BCUT2D eigenvalue weighted by atomic mass is 10.3. The molecule has 0 bridgehead atoms. The molecule has 21 heavy (non-hydrogen) atoms. The first kappa shape index (κ1) is 13.0. The summed E-state index contributed by atoms with van der Waals surface area (Å²) in [5.74, 6) is 1.08. The van der Waals surface area contributed by atoms with Crippen molar-refractivity contribution in [2.75, 3.05) is 11.4 Å². The van der Waals surface area contributed by atoms with Gasteiger partial charge in [-0.25, -0.2) is 4.79 Å². The summed E-state index contributed by atoms with van der Waals surface area (Å²) in [4.78, 5) is 24.1. The minimum atomic E-state index is -0.489.